The number of rotatable bonds is 2. The van der Waals surface area contributed by atoms with E-state index in [1.807, 2.05) is 30.7 Å². The first-order chi connectivity index (χ1) is 14.6. The molecule has 0 spiro atoms. The van der Waals surface area contributed by atoms with E-state index in [1.54, 1.807) is 13.1 Å². The number of benzene rings is 2. The Kier molecular flexibility index (Phi) is 5.25. The topological polar surface area (TPSA) is 43.2 Å². The fourth-order valence-electron chi connectivity index (χ4n) is 4.10. The summed E-state index contributed by atoms with van der Waals surface area (Å²) in [6.45, 7) is 5.86. The highest BCUT2D eigenvalue weighted by atomic mass is 19.4. The zero-order valence-corrected chi connectivity index (χ0v) is 17.6. The first-order valence-electron chi connectivity index (χ1n) is 9.98. The lowest BCUT2D eigenvalue weighted by molar-refractivity contribution is -0.137. The molecule has 9 heteroatoms. The van der Waals surface area contributed by atoms with Gasteiger partial charge in [-0.05, 0) is 51.1 Å². The van der Waals surface area contributed by atoms with Gasteiger partial charge in [-0.3, -0.25) is 20.3 Å². The summed E-state index contributed by atoms with van der Waals surface area (Å²) in [6.07, 6.45) is -4.89. The molecule has 2 unspecified atom stereocenters. The normalized spacial score (nSPS) is 22.8. The molecule has 2 aromatic rings. The minimum absolute atomic E-state index is 0.0531. The predicted octanol–water partition coefficient (Wildman–Crippen LogP) is 4.43. The van der Waals surface area contributed by atoms with Crippen molar-refractivity contribution in [2.24, 2.45) is 9.98 Å². The molecule has 2 aliphatic heterocycles. The molecular formula is C22H23F4N5. The van der Waals surface area contributed by atoms with Crippen LogP contribution in [0.2, 0.25) is 0 Å². The van der Waals surface area contributed by atoms with Crippen LogP contribution in [0.5, 0.6) is 0 Å². The molecule has 1 N–H and O–H groups in total. The van der Waals surface area contributed by atoms with Gasteiger partial charge in [-0.2, -0.15) is 18.2 Å². The average Bonchev–Trinajstić information content (AvgIpc) is 3.06. The molecule has 4 rings (SSSR count). The second-order valence-corrected chi connectivity index (χ2v) is 7.87. The lowest BCUT2D eigenvalue weighted by Crippen LogP contribution is -2.50. The Balaban J connectivity index is 2.02. The Morgan fingerprint density at radius 3 is 2.42 bits per heavy atom. The summed E-state index contributed by atoms with van der Waals surface area (Å²) in [6, 6.07) is 9.15. The Bertz CT molecular complexity index is 1060. The third-order valence-electron chi connectivity index (χ3n) is 5.51. The maximum Gasteiger partial charge on any atom is 0.416 e. The third-order valence-corrected chi connectivity index (χ3v) is 5.51. The predicted molar refractivity (Wildman–Crippen MR) is 113 cm³/mol. The number of alkyl halides is 3. The second kappa shape index (κ2) is 7.64. The highest BCUT2D eigenvalue weighted by Gasteiger charge is 2.45. The largest absolute Gasteiger partial charge is 0.416 e. The Hall–Kier alpha value is -2.94. The molecule has 31 heavy (non-hydrogen) atoms. The highest BCUT2D eigenvalue weighted by Crippen LogP contribution is 2.39. The molecule has 164 valence electrons. The zero-order chi connectivity index (χ0) is 22.5. The van der Waals surface area contributed by atoms with Gasteiger partial charge in [0.05, 0.1) is 23.0 Å². The van der Waals surface area contributed by atoms with Crippen molar-refractivity contribution in [1.29, 1.82) is 0 Å². The van der Waals surface area contributed by atoms with Crippen molar-refractivity contribution < 1.29 is 17.6 Å². The Morgan fingerprint density at radius 2 is 1.81 bits per heavy atom. The summed E-state index contributed by atoms with van der Waals surface area (Å²) in [7, 11) is 1.61. The van der Waals surface area contributed by atoms with E-state index < -0.39 is 23.6 Å². The van der Waals surface area contributed by atoms with Crippen LogP contribution >= 0.6 is 0 Å². The van der Waals surface area contributed by atoms with Crippen LogP contribution in [-0.2, 0) is 6.18 Å². The van der Waals surface area contributed by atoms with E-state index in [0.717, 1.165) is 12.1 Å². The van der Waals surface area contributed by atoms with Crippen LogP contribution in [0.4, 0.5) is 23.2 Å². The number of hydrogen-bond acceptors (Lipinski definition) is 3. The van der Waals surface area contributed by atoms with Crippen LogP contribution in [0.15, 0.2) is 52.4 Å². The van der Waals surface area contributed by atoms with Crippen LogP contribution in [0, 0.1) is 5.82 Å². The molecule has 2 atom stereocenters. The fourth-order valence-corrected chi connectivity index (χ4v) is 4.10. The van der Waals surface area contributed by atoms with Gasteiger partial charge in [0.25, 0.3) is 0 Å². The van der Waals surface area contributed by atoms with Crippen molar-refractivity contribution in [2.75, 3.05) is 11.9 Å². The van der Waals surface area contributed by atoms with Gasteiger partial charge in [-0.15, -0.1) is 0 Å². The molecule has 2 aliphatic rings. The van der Waals surface area contributed by atoms with E-state index >= 15 is 0 Å². The quantitative estimate of drug-likeness (QED) is 0.713. The number of nitrogens with zero attached hydrogens (tertiary/aromatic N) is 4. The highest BCUT2D eigenvalue weighted by molar-refractivity contribution is 6.18. The molecule has 2 aromatic carbocycles. The first-order valence-corrected chi connectivity index (χ1v) is 9.98. The van der Waals surface area contributed by atoms with E-state index in [-0.39, 0.29) is 29.0 Å². The molecule has 1 saturated heterocycles. The lowest BCUT2D eigenvalue weighted by atomic mass is 9.97. The Labute approximate surface area is 178 Å². The van der Waals surface area contributed by atoms with Crippen molar-refractivity contribution in [2.45, 2.75) is 45.2 Å². The minimum Gasteiger partial charge on any atom is -0.291 e. The summed E-state index contributed by atoms with van der Waals surface area (Å²) in [5, 5.41) is 1.96. The second-order valence-electron chi connectivity index (χ2n) is 7.87. The number of hydrazine groups is 1. The summed E-state index contributed by atoms with van der Waals surface area (Å²) in [5.41, 5.74) is 3.47. The molecule has 0 aromatic heterocycles. The lowest BCUT2D eigenvalue weighted by Gasteiger charge is -2.32. The van der Waals surface area contributed by atoms with Gasteiger partial charge in [0.2, 0.25) is 5.96 Å². The average molecular weight is 433 g/mol. The van der Waals surface area contributed by atoms with E-state index in [2.05, 4.69) is 10.4 Å². The summed E-state index contributed by atoms with van der Waals surface area (Å²) in [5.74, 6) is -0.0429. The van der Waals surface area contributed by atoms with E-state index in [4.69, 9.17) is 4.99 Å². The van der Waals surface area contributed by atoms with Gasteiger partial charge < -0.3 is 0 Å². The van der Waals surface area contributed by atoms with Crippen LogP contribution in [-0.4, -0.2) is 42.0 Å². The van der Waals surface area contributed by atoms with Gasteiger partial charge in [-0.25, -0.2) is 4.39 Å². The number of anilines is 1. The smallest absolute Gasteiger partial charge is 0.291 e. The molecule has 0 amide bonds. The molecule has 0 bridgehead atoms. The molecule has 0 radical (unpaired) electrons. The maximum absolute atomic E-state index is 14.7. The molecule has 5 nitrogen and oxygen atoms in total. The van der Waals surface area contributed by atoms with Crippen LogP contribution < -0.4 is 10.3 Å². The van der Waals surface area contributed by atoms with Crippen molar-refractivity contribution >= 4 is 17.4 Å². The van der Waals surface area contributed by atoms with Gasteiger partial charge in [0, 0.05) is 24.2 Å². The maximum atomic E-state index is 14.7. The fraction of sp³-hybridized carbons (Fsp3) is 0.364. The zero-order valence-electron chi connectivity index (χ0n) is 17.6. The number of nitrogens with one attached hydrogen (secondary N) is 1. The summed E-state index contributed by atoms with van der Waals surface area (Å²) < 4.78 is 55.4. The third kappa shape index (κ3) is 3.56. The van der Waals surface area contributed by atoms with Crippen LogP contribution in [0.3, 0.4) is 0 Å². The number of guanidine groups is 1. The van der Waals surface area contributed by atoms with E-state index in [9.17, 15) is 17.6 Å². The van der Waals surface area contributed by atoms with Crippen molar-refractivity contribution in [3.8, 4) is 0 Å². The standard InChI is InChI=1S/C22H23F4N5/c1-12(2)31-20-13(3)28-19(15-7-5-6-8-17(15)23)16-11-14(22(24,25)26)9-10-18(16)30(20)21(27-4)29-31/h5-13,20H,1-4H3,(H,27,29). The van der Waals surface area contributed by atoms with Crippen LogP contribution in [0.1, 0.15) is 37.5 Å². The molecular weight excluding hydrogens is 410 g/mol. The molecule has 2 heterocycles. The molecule has 1 fully saturated rings. The first kappa shape index (κ1) is 21.3. The van der Waals surface area contributed by atoms with E-state index in [1.165, 1.54) is 24.3 Å². The van der Waals surface area contributed by atoms with Gasteiger partial charge in [-0.1, -0.05) is 12.1 Å². The molecule has 0 aliphatic carbocycles. The van der Waals surface area contributed by atoms with Gasteiger partial charge in [0.1, 0.15) is 12.0 Å². The number of aliphatic imine (C=N–C) groups is 2. The summed E-state index contributed by atoms with van der Waals surface area (Å²) >= 11 is 0. The van der Waals surface area contributed by atoms with Gasteiger partial charge >= 0.3 is 6.18 Å². The van der Waals surface area contributed by atoms with E-state index in [0.29, 0.717) is 11.6 Å². The summed E-state index contributed by atoms with van der Waals surface area (Å²) in [4.78, 5) is 10.9. The van der Waals surface area contributed by atoms with Crippen LogP contribution in [0.25, 0.3) is 0 Å². The number of fused-ring (bicyclic) bond motifs is 3. The SMILES string of the molecule is CN=C1NN(C(C)C)C2C(C)N=C(c3ccccc3F)c3cc(C(F)(F)F)ccc3N12. The Morgan fingerprint density at radius 1 is 1.10 bits per heavy atom. The molecule has 0 saturated carbocycles. The number of halogens is 4. The van der Waals surface area contributed by atoms with Crippen molar-refractivity contribution in [1.82, 2.24) is 10.4 Å². The monoisotopic (exact) mass is 433 g/mol. The minimum atomic E-state index is -4.54. The number of hydrogen-bond donors (Lipinski definition) is 1. The van der Waals surface area contributed by atoms with Crippen molar-refractivity contribution in [3.63, 3.8) is 0 Å². The van der Waals surface area contributed by atoms with Gasteiger partial charge in [0.15, 0.2) is 0 Å². The van der Waals surface area contributed by atoms with Crippen molar-refractivity contribution in [3.05, 3.63) is 65.0 Å².